The Balaban J connectivity index is 2.33. The molecule has 0 aromatic heterocycles. The fraction of sp³-hybridized carbons (Fsp3) is 0.312. The van der Waals surface area contributed by atoms with E-state index < -0.39 is 0 Å². The van der Waals surface area contributed by atoms with Crippen LogP contribution in [-0.2, 0) is 16.0 Å². The van der Waals surface area contributed by atoms with Crippen molar-refractivity contribution in [2.75, 3.05) is 7.11 Å². The molecule has 0 fully saturated rings. The van der Waals surface area contributed by atoms with Gasteiger partial charge in [0.15, 0.2) is 0 Å². The highest BCUT2D eigenvalue weighted by molar-refractivity contribution is 5.86. The molecule has 0 radical (unpaired) electrons. The van der Waals surface area contributed by atoms with Crippen molar-refractivity contribution in [3.8, 4) is 0 Å². The molecule has 0 spiro atoms. The third-order valence-corrected chi connectivity index (χ3v) is 3.37. The lowest BCUT2D eigenvalue weighted by atomic mass is 9.93. The van der Waals surface area contributed by atoms with E-state index in [1.54, 1.807) is 0 Å². The quantitative estimate of drug-likeness (QED) is 0.766. The Kier molecular flexibility index (Phi) is 3.98. The molecule has 0 saturated heterocycles. The standard InChI is InChI=1S/C16H18O2/c1-3-12(16(17)18-2)11-14-9-6-8-13-7-4-5-10-15(13)14/h4-10,12H,3,11H2,1-2H3. The van der Waals surface area contributed by atoms with Gasteiger partial charge in [-0.1, -0.05) is 49.4 Å². The van der Waals surface area contributed by atoms with Crippen molar-refractivity contribution in [2.24, 2.45) is 5.92 Å². The Morgan fingerprint density at radius 2 is 1.89 bits per heavy atom. The van der Waals surface area contributed by atoms with Crippen LogP contribution in [0.5, 0.6) is 0 Å². The number of carbonyl (C=O) groups excluding carboxylic acids is 1. The van der Waals surface area contributed by atoms with Gasteiger partial charge in [-0.25, -0.2) is 0 Å². The van der Waals surface area contributed by atoms with E-state index in [-0.39, 0.29) is 11.9 Å². The Bertz CT molecular complexity index is 540. The van der Waals surface area contributed by atoms with Gasteiger partial charge in [0.2, 0.25) is 0 Å². The molecule has 0 amide bonds. The van der Waals surface area contributed by atoms with E-state index in [4.69, 9.17) is 4.74 Å². The number of hydrogen-bond acceptors (Lipinski definition) is 2. The van der Waals surface area contributed by atoms with Crippen molar-refractivity contribution in [3.05, 3.63) is 48.0 Å². The van der Waals surface area contributed by atoms with Crippen molar-refractivity contribution in [2.45, 2.75) is 19.8 Å². The van der Waals surface area contributed by atoms with E-state index in [9.17, 15) is 4.79 Å². The fourth-order valence-corrected chi connectivity index (χ4v) is 2.30. The van der Waals surface area contributed by atoms with E-state index in [0.717, 1.165) is 12.8 Å². The molecule has 0 N–H and O–H groups in total. The minimum atomic E-state index is -0.120. The van der Waals surface area contributed by atoms with Crippen LogP contribution in [-0.4, -0.2) is 13.1 Å². The highest BCUT2D eigenvalue weighted by Gasteiger charge is 2.18. The molecule has 0 heterocycles. The predicted octanol–water partition coefficient (Wildman–Crippen LogP) is 3.58. The molecular weight excluding hydrogens is 224 g/mol. The summed E-state index contributed by atoms with van der Waals surface area (Å²) in [5.41, 5.74) is 1.21. The van der Waals surface area contributed by atoms with E-state index in [1.807, 2.05) is 25.1 Å². The molecule has 0 aliphatic rings. The summed E-state index contributed by atoms with van der Waals surface area (Å²) in [5, 5.41) is 2.44. The summed E-state index contributed by atoms with van der Waals surface area (Å²) >= 11 is 0. The summed E-state index contributed by atoms with van der Waals surface area (Å²) < 4.78 is 4.85. The molecule has 2 aromatic rings. The second kappa shape index (κ2) is 5.67. The third-order valence-electron chi connectivity index (χ3n) is 3.37. The van der Waals surface area contributed by atoms with E-state index >= 15 is 0 Å². The maximum Gasteiger partial charge on any atom is 0.308 e. The first-order chi connectivity index (χ1) is 8.76. The minimum absolute atomic E-state index is 0.0548. The van der Waals surface area contributed by atoms with Gasteiger partial charge >= 0.3 is 5.97 Å². The second-order valence-electron chi connectivity index (χ2n) is 4.47. The van der Waals surface area contributed by atoms with Gasteiger partial charge in [0, 0.05) is 0 Å². The highest BCUT2D eigenvalue weighted by Crippen LogP contribution is 2.22. The first kappa shape index (κ1) is 12.6. The first-order valence-electron chi connectivity index (χ1n) is 6.30. The van der Waals surface area contributed by atoms with Crippen LogP contribution in [0.3, 0.4) is 0 Å². The maximum atomic E-state index is 11.7. The minimum Gasteiger partial charge on any atom is -0.469 e. The zero-order valence-corrected chi connectivity index (χ0v) is 10.8. The van der Waals surface area contributed by atoms with Crippen LogP contribution in [0.2, 0.25) is 0 Å². The molecule has 94 valence electrons. The summed E-state index contributed by atoms with van der Waals surface area (Å²) in [6, 6.07) is 14.5. The lowest BCUT2D eigenvalue weighted by Gasteiger charge is -2.14. The number of ether oxygens (including phenoxy) is 1. The first-order valence-corrected chi connectivity index (χ1v) is 6.30. The van der Waals surface area contributed by atoms with Gasteiger partial charge in [-0.15, -0.1) is 0 Å². The lowest BCUT2D eigenvalue weighted by molar-refractivity contribution is -0.145. The summed E-state index contributed by atoms with van der Waals surface area (Å²) in [5.74, 6) is -0.175. The zero-order chi connectivity index (χ0) is 13.0. The second-order valence-corrected chi connectivity index (χ2v) is 4.47. The molecule has 2 heteroatoms. The van der Waals surface area contributed by atoms with Gasteiger partial charge in [0.1, 0.15) is 0 Å². The van der Waals surface area contributed by atoms with Gasteiger partial charge in [0.05, 0.1) is 13.0 Å². The molecule has 0 aliphatic heterocycles. The molecule has 0 aliphatic carbocycles. The smallest absolute Gasteiger partial charge is 0.308 e. The summed E-state index contributed by atoms with van der Waals surface area (Å²) in [6.45, 7) is 2.02. The van der Waals surface area contributed by atoms with Gasteiger partial charge < -0.3 is 4.74 Å². The van der Waals surface area contributed by atoms with Crippen molar-refractivity contribution in [1.82, 2.24) is 0 Å². The monoisotopic (exact) mass is 242 g/mol. The van der Waals surface area contributed by atoms with Gasteiger partial charge in [0.25, 0.3) is 0 Å². The molecule has 0 bridgehead atoms. The van der Waals surface area contributed by atoms with Gasteiger partial charge in [-0.05, 0) is 29.2 Å². The summed E-state index contributed by atoms with van der Waals surface area (Å²) in [6.07, 6.45) is 1.54. The number of esters is 1. The lowest BCUT2D eigenvalue weighted by Crippen LogP contribution is -2.17. The average molecular weight is 242 g/mol. The number of rotatable bonds is 4. The highest BCUT2D eigenvalue weighted by atomic mass is 16.5. The van der Waals surface area contributed by atoms with E-state index in [1.165, 1.54) is 23.4 Å². The number of benzene rings is 2. The number of fused-ring (bicyclic) bond motifs is 1. The largest absolute Gasteiger partial charge is 0.469 e. The topological polar surface area (TPSA) is 26.3 Å². The van der Waals surface area contributed by atoms with Crippen molar-refractivity contribution >= 4 is 16.7 Å². The van der Waals surface area contributed by atoms with Crippen molar-refractivity contribution in [3.63, 3.8) is 0 Å². The van der Waals surface area contributed by atoms with Crippen molar-refractivity contribution in [1.29, 1.82) is 0 Å². The summed E-state index contributed by atoms with van der Waals surface area (Å²) in [7, 11) is 1.45. The van der Waals surface area contributed by atoms with Crippen LogP contribution in [0.1, 0.15) is 18.9 Å². The molecule has 2 nitrogen and oxygen atoms in total. The number of carbonyl (C=O) groups is 1. The Hall–Kier alpha value is -1.83. The Labute approximate surface area is 108 Å². The normalized spacial score (nSPS) is 12.3. The molecule has 2 aromatic carbocycles. The molecule has 1 atom stereocenters. The van der Waals surface area contributed by atoms with Crippen LogP contribution in [0, 0.1) is 5.92 Å². The van der Waals surface area contributed by atoms with Crippen molar-refractivity contribution < 1.29 is 9.53 Å². The molecular formula is C16H18O2. The SMILES string of the molecule is CCC(Cc1cccc2ccccc12)C(=O)OC. The Morgan fingerprint density at radius 3 is 2.61 bits per heavy atom. The number of hydrogen-bond donors (Lipinski definition) is 0. The Morgan fingerprint density at radius 1 is 1.17 bits per heavy atom. The molecule has 18 heavy (non-hydrogen) atoms. The van der Waals surface area contributed by atoms with E-state index in [0.29, 0.717) is 0 Å². The molecule has 0 saturated carbocycles. The van der Waals surface area contributed by atoms with Crippen LogP contribution >= 0.6 is 0 Å². The van der Waals surface area contributed by atoms with Crippen LogP contribution in [0.15, 0.2) is 42.5 Å². The number of methoxy groups -OCH3 is 1. The third kappa shape index (κ3) is 2.53. The predicted molar refractivity (Wildman–Crippen MR) is 73.4 cm³/mol. The maximum absolute atomic E-state index is 11.7. The van der Waals surface area contributed by atoms with E-state index in [2.05, 4.69) is 24.3 Å². The molecule has 1 unspecified atom stereocenters. The van der Waals surface area contributed by atoms with Crippen LogP contribution in [0.4, 0.5) is 0 Å². The zero-order valence-electron chi connectivity index (χ0n) is 10.8. The van der Waals surface area contributed by atoms with Crippen LogP contribution < -0.4 is 0 Å². The van der Waals surface area contributed by atoms with Gasteiger partial charge in [-0.3, -0.25) is 4.79 Å². The average Bonchev–Trinajstić information content (AvgIpc) is 2.44. The fourth-order valence-electron chi connectivity index (χ4n) is 2.30. The summed E-state index contributed by atoms with van der Waals surface area (Å²) in [4.78, 5) is 11.7. The van der Waals surface area contributed by atoms with Crippen LogP contribution in [0.25, 0.3) is 10.8 Å². The molecule has 2 rings (SSSR count). The van der Waals surface area contributed by atoms with Gasteiger partial charge in [-0.2, -0.15) is 0 Å².